The summed E-state index contributed by atoms with van der Waals surface area (Å²) >= 11 is 31.1. The van der Waals surface area contributed by atoms with Gasteiger partial charge >= 0.3 is 0 Å². The SMILES string of the molecule is Clc1ccc(C2CC(NCc3cc(Cl)cc(Cl)c3)CCN2c2ccc(Cl)cc2Cl)cc1. The number of nitrogens with zero attached hydrogens (tertiary/aromatic N) is 1. The fourth-order valence-corrected chi connectivity index (χ4v) is 5.34. The Bertz CT molecular complexity index is 1030. The molecule has 0 radical (unpaired) electrons. The molecule has 162 valence electrons. The van der Waals surface area contributed by atoms with Gasteiger partial charge in [-0.05, 0) is 72.5 Å². The fraction of sp³-hybridized carbons (Fsp3) is 0.250. The zero-order valence-corrected chi connectivity index (χ0v) is 20.4. The molecule has 4 rings (SSSR count). The molecule has 2 unspecified atom stereocenters. The summed E-state index contributed by atoms with van der Waals surface area (Å²) < 4.78 is 0. The standard InChI is InChI=1S/C24H21Cl5N2/c25-17-3-1-16(2-4-17)24-13-21(30-14-15-9-19(27)11-20(28)10-15)7-8-31(24)23-6-5-18(26)12-22(23)29/h1-6,9-12,21,24,30H,7-8,13-14H2. The Morgan fingerprint density at radius 3 is 2.13 bits per heavy atom. The van der Waals surface area contributed by atoms with Crippen LogP contribution in [-0.2, 0) is 6.54 Å². The lowest BCUT2D eigenvalue weighted by Crippen LogP contribution is -2.44. The van der Waals surface area contributed by atoms with E-state index >= 15 is 0 Å². The van der Waals surface area contributed by atoms with Crippen LogP contribution in [0.1, 0.15) is 30.0 Å². The van der Waals surface area contributed by atoms with E-state index < -0.39 is 0 Å². The number of hydrogen-bond donors (Lipinski definition) is 1. The van der Waals surface area contributed by atoms with Crippen LogP contribution >= 0.6 is 58.0 Å². The Morgan fingerprint density at radius 1 is 0.774 bits per heavy atom. The van der Waals surface area contributed by atoms with Crippen molar-refractivity contribution in [2.45, 2.75) is 31.5 Å². The number of hydrogen-bond acceptors (Lipinski definition) is 2. The highest BCUT2D eigenvalue weighted by atomic mass is 35.5. The first-order valence-corrected chi connectivity index (χ1v) is 11.9. The van der Waals surface area contributed by atoms with Crippen molar-refractivity contribution in [3.63, 3.8) is 0 Å². The second kappa shape index (κ2) is 10.2. The van der Waals surface area contributed by atoms with E-state index in [1.807, 2.05) is 36.4 Å². The first kappa shape index (κ1) is 23.0. The molecule has 7 heteroatoms. The summed E-state index contributed by atoms with van der Waals surface area (Å²) in [7, 11) is 0. The molecule has 1 heterocycles. The molecule has 0 saturated carbocycles. The number of anilines is 1. The Morgan fingerprint density at radius 2 is 1.45 bits per heavy atom. The first-order valence-electron chi connectivity index (χ1n) is 10.0. The molecule has 0 spiro atoms. The molecular weight excluding hydrogens is 494 g/mol. The molecule has 0 aromatic heterocycles. The van der Waals surface area contributed by atoms with Gasteiger partial charge in [0.1, 0.15) is 0 Å². The second-order valence-electron chi connectivity index (χ2n) is 7.74. The maximum absolute atomic E-state index is 6.56. The van der Waals surface area contributed by atoms with Crippen molar-refractivity contribution in [2.75, 3.05) is 11.4 Å². The van der Waals surface area contributed by atoms with E-state index in [1.54, 1.807) is 12.1 Å². The lowest BCUT2D eigenvalue weighted by molar-refractivity contribution is 0.359. The Hall–Kier alpha value is -1.13. The van der Waals surface area contributed by atoms with Crippen LogP contribution in [0.25, 0.3) is 0 Å². The summed E-state index contributed by atoms with van der Waals surface area (Å²) in [5.41, 5.74) is 3.27. The van der Waals surface area contributed by atoms with Crippen LogP contribution in [0, 0.1) is 0 Å². The van der Waals surface area contributed by atoms with Crippen molar-refractivity contribution in [3.05, 3.63) is 96.9 Å². The van der Waals surface area contributed by atoms with Crippen LogP contribution in [0.4, 0.5) is 5.69 Å². The molecule has 3 aromatic rings. The van der Waals surface area contributed by atoms with Crippen molar-refractivity contribution in [1.82, 2.24) is 5.32 Å². The summed E-state index contributed by atoms with van der Waals surface area (Å²) in [4.78, 5) is 2.36. The van der Waals surface area contributed by atoms with Gasteiger partial charge < -0.3 is 10.2 Å². The summed E-state index contributed by atoms with van der Waals surface area (Å²) in [5, 5.41) is 6.99. The van der Waals surface area contributed by atoms with Gasteiger partial charge in [-0.2, -0.15) is 0 Å². The molecule has 31 heavy (non-hydrogen) atoms. The van der Waals surface area contributed by atoms with Crippen LogP contribution in [0.5, 0.6) is 0 Å². The molecule has 1 saturated heterocycles. The van der Waals surface area contributed by atoms with Gasteiger partial charge in [-0.25, -0.2) is 0 Å². The monoisotopic (exact) mass is 512 g/mol. The van der Waals surface area contributed by atoms with Crippen LogP contribution in [0.3, 0.4) is 0 Å². The highest BCUT2D eigenvalue weighted by molar-refractivity contribution is 6.36. The van der Waals surface area contributed by atoms with Gasteiger partial charge in [-0.3, -0.25) is 0 Å². The van der Waals surface area contributed by atoms with Gasteiger partial charge in [0.25, 0.3) is 0 Å². The smallest absolute Gasteiger partial charge is 0.0654 e. The quantitative estimate of drug-likeness (QED) is 0.367. The summed E-state index contributed by atoms with van der Waals surface area (Å²) in [6.07, 6.45) is 1.91. The van der Waals surface area contributed by atoms with E-state index in [2.05, 4.69) is 22.3 Å². The lowest BCUT2D eigenvalue weighted by atomic mass is 9.91. The average Bonchev–Trinajstić information content (AvgIpc) is 2.72. The molecule has 1 aliphatic rings. The number of halogens is 5. The van der Waals surface area contributed by atoms with Crippen molar-refractivity contribution in [1.29, 1.82) is 0 Å². The Labute approximate surface area is 208 Å². The van der Waals surface area contributed by atoms with Gasteiger partial charge in [0.2, 0.25) is 0 Å². The van der Waals surface area contributed by atoms with Gasteiger partial charge in [0.05, 0.1) is 16.8 Å². The van der Waals surface area contributed by atoms with Crippen molar-refractivity contribution in [2.24, 2.45) is 0 Å². The van der Waals surface area contributed by atoms with Crippen molar-refractivity contribution < 1.29 is 0 Å². The molecule has 0 bridgehead atoms. The molecule has 3 aromatic carbocycles. The average molecular weight is 515 g/mol. The van der Waals surface area contributed by atoms with Crippen molar-refractivity contribution in [3.8, 4) is 0 Å². The van der Waals surface area contributed by atoms with E-state index in [4.69, 9.17) is 58.0 Å². The predicted molar refractivity (Wildman–Crippen MR) is 134 cm³/mol. The predicted octanol–water partition coefficient (Wildman–Crippen LogP) is 8.45. The normalized spacial score (nSPS) is 18.9. The minimum Gasteiger partial charge on any atom is -0.363 e. The number of nitrogens with one attached hydrogen (secondary N) is 1. The summed E-state index contributed by atoms with van der Waals surface area (Å²) in [5.74, 6) is 0. The summed E-state index contributed by atoms with van der Waals surface area (Å²) in [6, 6.07) is 19.8. The van der Waals surface area contributed by atoms with Crippen LogP contribution in [-0.4, -0.2) is 12.6 Å². The Kier molecular flexibility index (Phi) is 7.59. The molecule has 0 amide bonds. The molecule has 2 nitrogen and oxygen atoms in total. The molecule has 1 N–H and O–H groups in total. The third-order valence-electron chi connectivity index (χ3n) is 5.59. The van der Waals surface area contributed by atoms with E-state index in [9.17, 15) is 0 Å². The minimum absolute atomic E-state index is 0.158. The van der Waals surface area contributed by atoms with Gasteiger partial charge in [-0.15, -0.1) is 0 Å². The Balaban J connectivity index is 1.55. The molecule has 0 aliphatic carbocycles. The van der Waals surface area contributed by atoms with Gasteiger partial charge in [-0.1, -0.05) is 70.1 Å². The van der Waals surface area contributed by atoms with E-state index in [-0.39, 0.29) is 6.04 Å². The summed E-state index contributed by atoms with van der Waals surface area (Å²) in [6.45, 7) is 1.57. The van der Waals surface area contributed by atoms with Gasteiger partial charge in [0, 0.05) is 39.2 Å². The molecular formula is C24H21Cl5N2. The largest absolute Gasteiger partial charge is 0.363 e. The highest BCUT2D eigenvalue weighted by Crippen LogP contribution is 2.39. The van der Waals surface area contributed by atoms with E-state index in [0.717, 1.165) is 35.7 Å². The molecule has 2 atom stereocenters. The van der Waals surface area contributed by atoms with E-state index in [0.29, 0.717) is 32.7 Å². The maximum Gasteiger partial charge on any atom is 0.0654 e. The third kappa shape index (κ3) is 5.82. The highest BCUT2D eigenvalue weighted by Gasteiger charge is 2.30. The fourth-order valence-electron chi connectivity index (χ4n) is 4.13. The van der Waals surface area contributed by atoms with Crippen LogP contribution in [0.15, 0.2) is 60.7 Å². The zero-order valence-electron chi connectivity index (χ0n) is 16.6. The third-order valence-corrected chi connectivity index (χ3v) is 6.82. The first-order chi connectivity index (χ1) is 14.9. The number of benzene rings is 3. The number of piperidine rings is 1. The minimum atomic E-state index is 0.158. The van der Waals surface area contributed by atoms with Crippen LogP contribution in [0.2, 0.25) is 25.1 Å². The zero-order chi connectivity index (χ0) is 22.0. The van der Waals surface area contributed by atoms with E-state index in [1.165, 1.54) is 5.56 Å². The van der Waals surface area contributed by atoms with Gasteiger partial charge in [0.15, 0.2) is 0 Å². The topological polar surface area (TPSA) is 15.3 Å². The molecule has 1 aliphatic heterocycles. The molecule has 1 fully saturated rings. The second-order valence-corrected chi connectivity index (χ2v) is 9.89. The maximum atomic E-state index is 6.56. The van der Waals surface area contributed by atoms with Crippen LogP contribution < -0.4 is 10.2 Å². The van der Waals surface area contributed by atoms with Crippen molar-refractivity contribution >= 4 is 63.7 Å². The lowest BCUT2D eigenvalue weighted by Gasteiger charge is -2.42. The number of rotatable bonds is 5.